The van der Waals surface area contributed by atoms with E-state index in [9.17, 15) is 8.42 Å². The first-order valence-corrected chi connectivity index (χ1v) is 7.45. The quantitative estimate of drug-likeness (QED) is 0.858. The third-order valence-corrected chi connectivity index (χ3v) is 4.33. The van der Waals surface area contributed by atoms with E-state index < -0.39 is 15.1 Å². The van der Waals surface area contributed by atoms with Gasteiger partial charge in [0.2, 0.25) is 0 Å². The number of rotatable bonds is 4. The normalized spacial score (nSPS) is 13.7. The van der Waals surface area contributed by atoms with Crippen molar-refractivity contribution in [1.29, 1.82) is 0 Å². The van der Waals surface area contributed by atoms with Crippen LogP contribution in [0.3, 0.4) is 0 Å². The predicted molar refractivity (Wildman–Crippen MR) is 67.5 cm³/mol. The van der Waals surface area contributed by atoms with Crippen molar-refractivity contribution in [2.24, 2.45) is 5.73 Å². The number of hydrogen-bond acceptors (Lipinski definition) is 5. The lowest BCUT2D eigenvalue weighted by Crippen LogP contribution is -2.15. The van der Waals surface area contributed by atoms with Gasteiger partial charge in [-0.1, -0.05) is 0 Å². The van der Waals surface area contributed by atoms with Crippen molar-refractivity contribution >= 4 is 9.84 Å². The molecule has 0 aromatic carbocycles. The maximum Gasteiger partial charge on any atom is 0.157 e. The molecule has 5 nitrogen and oxygen atoms in total. The third-order valence-electron chi connectivity index (χ3n) is 2.84. The van der Waals surface area contributed by atoms with Crippen molar-refractivity contribution in [3.63, 3.8) is 0 Å². The van der Waals surface area contributed by atoms with Gasteiger partial charge in [-0.3, -0.25) is 0 Å². The van der Waals surface area contributed by atoms with Crippen LogP contribution in [0.1, 0.15) is 34.9 Å². The summed E-state index contributed by atoms with van der Waals surface area (Å²) in [6.07, 6.45) is 1.91. The van der Waals surface area contributed by atoms with Crippen LogP contribution in [0.4, 0.5) is 0 Å². The minimum Gasteiger partial charge on any atom is -0.330 e. The Hall–Kier alpha value is -1.01. The van der Waals surface area contributed by atoms with Crippen LogP contribution in [-0.4, -0.2) is 31.2 Å². The van der Waals surface area contributed by atoms with E-state index >= 15 is 0 Å². The Labute approximate surface area is 102 Å². The molecule has 1 heterocycles. The molecule has 0 aliphatic rings. The van der Waals surface area contributed by atoms with Crippen molar-refractivity contribution < 1.29 is 8.42 Å². The Balaban J connectivity index is 3.23. The van der Waals surface area contributed by atoms with Crippen LogP contribution in [-0.2, 0) is 16.3 Å². The van der Waals surface area contributed by atoms with Gasteiger partial charge in [-0.05, 0) is 39.3 Å². The maximum atomic E-state index is 11.5. The number of nitrogens with zero attached hydrogens (tertiary/aromatic N) is 2. The summed E-state index contributed by atoms with van der Waals surface area (Å²) in [6, 6.07) is 0. The van der Waals surface area contributed by atoms with Crippen LogP contribution in [0, 0.1) is 13.8 Å². The molecule has 1 atom stereocenters. The first kappa shape index (κ1) is 14.1. The van der Waals surface area contributed by atoms with E-state index in [0.717, 1.165) is 17.0 Å². The summed E-state index contributed by atoms with van der Waals surface area (Å²) in [7, 11) is -3.16. The van der Waals surface area contributed by atoms with Crippen molar-refractivity contribution in [3.8, 4) is 0 Å². The summed E-state index contributed by atoms with van der Waals surface area (Å²) in [5, 5.41) is -0.674. The van der Waals surface area contributed by atoms with Gasteiger partial charge < -0.3 is 5.73 Å². The van der Waals surface area contributed by atoms with Gasteiger partial charge >= 0.3 is 0 Å². The van der Waals surface area contributed by atoms with Crippen LogP contribution in [0.5, 0.6) is 0 Å². The zero-order valence-corrected chi connectivity index (χ0v) is 11.5. The van der Waals surface area contributed by atoms with Crippen LogP contribution >= 0.6 is 0 Å². The number of aryl methyl sites for hydroxylation is 2. The van der Waals surface area contributed by atoms with Crippen LogP contribution < -0.4 is 5.73 Å². The van der Waals surface area contributed by atoms with Crippen LogP contribution in [0.2, 0.25) is 0 Å². The predicted octanol–water partition coefficient (Wildman–Crippen LogP) is 0.700. The molecule has 0 spiro atoms. The van der Waals surface area contributed by atoms with Gasteiger partial charge in [0.05, 0.1) is 0 Å². The molecule has 96 valence electrons. The molecule has 2 N–H and O–H groups in total. The standard InChI is InChI=1S/C11H19N3O2S/c1-7-10(5-6-12)8(2)14-11(13-7)9(3)17(4,15)16/h9H,5-6,12H2,1-4H3. The second-order valence-electron chi connectivity index (χ2n) is 4.24. The Morgan fingerprint density at radius 3 is 2.06 bits per heavy atom. The molecular formula is C11H19N3O2S. The summed E-state index contributed by atoms with van der Waals surface area (Å²) in [5.74, 6) is 0.364. The summed E-state index contributed by atoms with van der Waals surface area (Å²) < 4.78 is 22.9. The van der Waals surface area contributed by atoms with E-state index in [4.69, 9.17) is 5.73 Å². The van der Waals surface area contributed by atoms with E-state index in [1.165, 1.54) is 6.26 Å². The monoisotopic (exact) mass is 257 g/mol. The van der Waals surface area contributed by atoms with Gasteiger partial charge in [-0.2, -0.15) is 0 Å². The van der Waals surface area contributed by atoms with Gasteiger partial charge in [-0.15, -0.1) is 0 Å². The van der Waals surface area contributed by atoms with Crippen molar-refractivity contribution in [3.05, 3.63) is 22.8 Å². The smallest absolute Gasteiger partial charge is 0.157 e. The van der Waals surface area contributed by atoms with Crippen molar-refractivity contribution in [2.75, 3.05) is 12.8 Å². The second-order valence-corrected chi connectivity index (χ2v) is 6.61. The van der Waals surface area contributed by atoms with E-state index in [1.807, 2.05) is 13.8 Å². The third kappa shape index (κ3) is 3.23. The van der Waals surface area contributed by atoms with Crippen molar-refractivity contribution in [1.82, 2.24) is 9.97 Å². The highest BCUT2D eigenvalue weighted by atomic mass is 32.2. The van der Waals surface area contributed by atoms with Gasteiger partial charge in [0.25, 0.3) is 0 Å². The average Bonchev–Trinajstić information content (AvgIpc) is 2.20. The minimum atomic E-state index is -3.16. The molecule has 0 saturated carbocycles. The van der Waals surface area contributed by atoms with Crippen molar-refractivity contribution in [2.45, 2.75) is 32.4 Å². The highest BCUT2D eigenvalue weighted by molar-refractivity contribution is 7.90. The molecule has 0 radical (unpaired) electrons. The molecule has 6 heteroatoms. The lowest BCUT2D eigenvalue weighted by atomic mass is 10.1. The number of nitrogens with two attached hydrogens (primary N) is 1. The van der Waals surface area contributed by atoms with E-state index in [1.54, 1.807) is 6.92 Å². The van der Waals surface area contributed by atoms with Gasteiger partial charge in [0.15, 0.2) is 9.84 Å². The maximum absolute atomic E-state index is 11.5. The summed E-state index contributed by atoms with van der Waals surface area (Å²) >= 11 is 0. The number of hydrogen-bond donors (Lipinski definition) is 1. The first-order valence-electron chi connectivity index (χ1n) is 5.50. The zero-order chi connectivity index (χ0) is 13.2. The summed E-state index contributed by atoms with van der Waals surface area (Å²) in [6.45, 7) is 5.86. The molecule has 0 bridgehead atoms. The Morgan fingerprint density at radius 2 is 1.71 bits per heavy atom. The highest BCUT2D eigenvalue weighted by Crippen LogP contribution is 2.20. The zero-order valence-electron chi connectivity index (χ0n) is 10.7. The lowest BCUT2D eigenvalue weighted by molar-refractivity contribution is 0.588. The Morgan fingerprint density at radius 1 is 1.24 bits per heavy atom. The van der Waals surface area contributed by atoms with E-state index in [2.05, 4.69) is 9.97 Å². The first-order chi connectivity index (χ1) is 7.77. The average molecular weight is 257 g/mol. The minimum absolute atomic E-state index is 0.364. The largest absolute Gasteiger partial charge is 0.330 e. The molecule has 17 heavy (non-hydrogen) atoms. The Kier molecular flexibility index (Phi) is 4.21. The summed E-state index contributed by atoms with van der Waals surface area (Å²) in [4.78, 5) is 8.55. The van der Waals surface area contributed by atoms with Crippen LogP contribution in [0.25, 0.3) is 0 Å². The van der Waals surface area contributed by atoms with Gasteiger partial charge in [0.1, 0.15) is 11.1 Å². The second kappa shape index (κ2) is 5.10. The molecule has 0 saturated heterocycles. The molecule has 0 aliphatic heterocycles. The fraction of sp³-hybridized carbons (Fsp3) is 0.636. The molecule has 1 aromatic rings. The van der Waals surface area contributed by atoms with E-state index in [-0.39, 0.29) is 0 Å². The molecule has 0 amide bonds. The SMILES string of the molecule is Cc1nc(C(C)S(C)(=O)=O)nc(C)c1CCN. The molecule has 1 unspecified atom stereocenters. The summed E-state index contributed by atoms with van der Waals surface area (Å²) in [5.41, 5.74) is 8.15. The number of sulfone groups is 1. The highest BCUT2D eigenvalue weighted by Gasteiger charge is 2.21. The number of aromatic nitrogens is 2. The van der Waals surface area contributed by atoms with E-state index in [0.29, 0.717) is 18.8 Å². The fourth-order valence-electron chi connectivity index (χ4n) is 1.64. The van der Waals surface area contributed by atoms with Gasteiger partial charge in [0, 0.05) is 17.6 Å². The molecule has 1 rings (SSSR count). The topological polar surface area (TPSA) is 85.9 Å². The molecular weight excluding hydrogens is 238 g/mol. The molecule has 0 fully saturated rings. The van der Waals surface area contributed by atoms with Gasteiger partial charge in [-0.25, -0.2) is 18.4 Å². The molecule has 1 aromatic heterocycles. The lowest BCUT2D eigenvalue weighted by Gasteiger charge is -2.13. The van der Waals surface area contributed by atoms with Crippen LogP contribution in [0.15, 0.2) is 0 Å². The fourth-order valence-corrected chi connectivity index (χ4v) is 2.13. The Bertz CT molecular complexity index is 488. The molecule has 0 aliphatic carbocycles.